The minimum absolute atomic E-state index is 0. The summed E-state index contributed by atoms with van der Waals surface area (Å²) in [5.74, 6) is 0. The summed E-state index contributed by atoms with van der Waals surface area (Å²) in [7, 11) is 0. The van der Waals surface area contributed by atoms with Crippen molar-refractivity contribution in [3.63, 3.8) is 0 Å². The zero-order chi connectivity index (χ0) is 4.99. The van der Waals surface area contributed by atoms with Crippen LogP contribution in [0.3, 0.4) is 0 Å². The molecule has 0 fully saturated rings. The fourth-order valence-electron chi connectivity index (χ4n) is 0.0412. The van der Waals surface area contributed by atoms with E-state index in [4.69, 9.17) is 14.7 Å². The second-order valence-electron chi connectivity index (χ2n) is 0.480. The van der Waals surface area contributed by atoms with Crippen LogP contribution in [0.4, 0.5) is 4.79 Å². The SMILES string of the molecule is O=COC(=O)O.[CaH2].[NaH]. The van der Waals surface area contributed by atoms with Crippen LogP contribution >= 0.6 is 0 Å². The van der Waals surface area contributed by atoms with E-state index >= 15 is 0 Å². The summed E-state index contributed by atoms with van der Waals surface area (Å²) >= 11 is 0. The van der Waals surface area contributed by atoms with Gasteiger partial charge in [0.05, 0.1) is 0 Å². The van der Waals surface area contributed by atoms with Gasteiger partial charge in [0.25, 0.3) is 0 Å². The summed E-state index contributed by atoms with van der Waals surface area (Å²) < 4.78 is 3.28. The predicted molar refractivity (Wildman–Crippen MR) is 30.9 cm³/mol. The molecule has 0 aliphatic rings. The molecule has 40 valence electrons. The van der Waals surface area contributed by atoms with Crippen LogP contribution in [0.25, 0.3) is 0 Å². The van der Waals surface area contributed by atoms with Gasteiger partial charge in [0.15, 0.2) is 0 Å². The maximum absolute atomic E-state index is 9.15. The molecule has 0 aromatic rings. The van der Waals surface area contributed by atoms with Crippen molar-refractivity contribution in [3.8, 4) is 0 Å². The van der Waals surface area contributed by atoms with Crippen molar-refractivity contribution in [2.75, 3.05) is 0 Å². The van der Waals surface area contributed by atoms with Crippen LogP contribution in [0.1, 0.15) is 0 Å². The molecule has 0 aliphatic heterocycles. The van der Waals surface area contributed by atoms with E-state index in [1.165, 1.54) is 0 Å². The molecule has 0 bridgehead atoms. The van der Waals surface area contributed by atoms with Gasteiger partial charge in [0.2, 0.25) is 0 Å². The Morgan fingerprint density at radius 3 is 2.00 bits per heavy atom. The first kappa shape index (κ1) is 16.1. The van der Waals surface area contributed by atoms with Gasteiger partial charge in [-0.25, -0.2) is 4.79 Å². The number of carbonyl (C=O) groups is 2. The Balaban J connectivity index is -0.000000125. The van der Waals surface area contributed by atoms with Crippen LogP contribution in [-0.2, 0) is 9.53 Å². The van der Waals surface area contributed by atoms with Gasteiger partial charge in [0, 0.05) is 0 Å². The number of rotatable bonds is 1. The first-order chi connectivity index (χ1) is 2.77. The van der Waals surface area contributed by atoms with E-state index in [1.54, 1.807) is 0 Å². The molecule has 4 nitrogen and oxygen atoms in total. The van der Waals surface area contributed by atoms with Crippen molar-refractivity contribution in [2.45, 2.75) is 0 Å². The van der Waals surface area contributed by atoms with Gasteiger partial charge < -0.3 is 9.84 Å². The summed E-state index contributed by atoms with van der Waals surface area (Å²) in [5.41, 5.74) is 0. The molecule has 0 aromatic carbocycles. The number of carboxylic acid groups (broad SMARTS) is 1. The van der Waals surface area contributed by atoms with E-state index in [2.05, 4.69) is 4.74 Å². The van der Waals surface area contributed by atoms with Gasteiger partial charge in [-0.3, -0.25) is 4.79 Å². The maximum atomic E-state index is 9.15. The van der Waals surface area contributed by atoms with Crippen molar-refractivity contribution in [2.24, 2.45) is 0 Å². The second kappa shape index (κ2) is 11.1. The summed E-state index contributed by atoms with van der Waals surface area (Å²) in [6, 6.07) is 0. The summed E-state index contributed by atoms with van der Waals surface area (Å²) in [6.45, 7) is -0.150. The van der Waals surface area contributed by atoms with E-state index < -0.39 is 6.16 Å². The van der Waals surface area contributed by atoms with Gasteiger partial charge in [-0.05, 0) is 0 Å². The predicted octanol–water partition coefficient (Wildman–Crippen LogP) is -1.73. The van der Waals surface area contributed by atoms with Gasteiger partial charge in [0.1, 0.15) is 0 Å². The van der Waals surface area contributed by atoms with Crippen LogP contribution in [0.2, 0.25) is 0 Å². The second-order valence-corrected chi connectivity index (χ2v) is 0.480. The van der Waals surface area contributed by atoms with Gasteiger partial charge in [-0.1, -0.05) is 0 Å². The molecular weight excluding hydrogens is 151 g/mol. The molecule has 6 heteroatoms. The average molecular weight is 156 g/mol. The van der Waals surface area contributed by atoms with Crippen LogP contribution in [-0.4, -0.2) is 85.0 Å². The molecule has 0 unspecified atom stereocenters. The Morgan fingerprint density at radius 1 is 1.62 bits per heavy atom. The third kappa shape index (κ3) is 15.7. The first-order valence-corrected chi connectivity index (χ1v) is 1.10. The molecule has 1 N–H and O–H groups in total. The van der Waals surface area contributed by atoms with E-state index in [9.17, 15) is 0 Å². The summed E-state index contributed by atoms with van der Waals surface area (Å²) in [5, 5.41) is 7.46. The van der Waals surface area contributed by atoms with Crippen LogP contribution in [0, 0.1) is 0 Å². The number of hydrogen-bond acceptors (Lipinski definition) is 3. The fourth-order valence-corrected chi connectivity index (χ4v) is 0.0412. The zero-order valence-corrected chi connectivity index (χ0v) is 2.75. The molecular formula is C2H5CaNaO4. The number of hydrogen-bond donors (Lipinski definition) is 1. The normalized spacial score (nSPS) is 5.00. The molecule has 0 amide bonds. The Labute approximate surface area is 97.9 Å². The van der Waals surface area contributed by atoms with Crippen LogP contribution in [0.15, 0.2) is 0 Å². The third-order valence-electron chi connectivity index (χ3n) is 0.149. The van der Waals surface area contributed by atoms with Crippen molar-refractivity contribution in [1.29, 1.82) is 0 Å². The quantitative estimate of drug-likeness (QED) is 0.212. The molecule has 0 saturated carbocycles. The molecule has 0 rings (SSSR count). The van der Waals surface area contributed by atoms with Crippen molar-refractivity contribution >= 4 is 79.9 Å². The molecule has 0 saturated heterocycles. The Morgan fingerprint density at radius 2 is 2.00 bits per heavy atom. The number of carbonyl (C=O) groups excluding carboxylic acids is 1. The monoisotopic (exact) mass is 156 g/mol. The fraction of sp³-hybridized carbons (Fsp3) is 0. The van der Waals surface area contributed by atoms with Gasteiger partial charge in [-0.15, -0.1) is 0 Å². The molecule has 0 aliphatic carbocycles. The Kier molecular flexibility index (Phi) is 22.2. The van der Waals surface area contributed by atoms with E-state index in [0.29, 0.717) is 0 Å². The Bertz CT molecular complexity index is 74.4. The molecule has 0 aromatic heterocycles. The van der Waals surface area contributed by atoms with E-state index in [1.807, 2.05) is 0 Å². The van der Waals surface area contributed by atoms with Crippen molar-refractivity contribution in [1.82, 2.24) is 0 Å². The number of ether oxygens (including phenoxy) is 1. The molecule has 0 atom stereocenters. The summed E-state index contributed by atoms with van der Waals surface area (Å²) in [6.07, 6.45) is -1.58. The first-order valence-electron chi connectivity index (χ1n) is 1.10. The molecule has 0 spiro atoms. The van der Waals surface area contributed by atoms with Crippen molar-refractivity contribution in [3.05, 3.63) is 0 Å². The van der Waals surface area contributed by atoms with Crippen LogP contribution in [0.5, 0.6) is 0 Å². The minimum atomic E-state index is -1.58. The topological polar surface area (TPSA) is 63.6 Å². The Hall–Kier alpha value is 1.20. The van der Waals surface area contributed by atoms with E-state index in [0.717, 1.165) is 0 Å². The van der Waals surface area contributed by atoms with E-state index in [-0.39, 0.29) is 73.8 Å². The van der Waals surface area contributed by atoms with Gasteiger partial charge >= 0.3 is 79.9 Å². The summed E-state index contributed by atoms with van der Waals surface area (Å²) in [4.78, 5) is 18.2. The standard InChI is InChI=1S/C2H2O4.Ca.Na.3H/c3-1-6-2(4)5;;;;;/h1H,(H,4,5);;;;;. The average Bonchev–Trinajstić information content (AvgIpc) is 1.35. The van der Waals surface area contributed by atoms with Gasteiger partial charge in [-0.2, -0.15) is 0 Å². The van der Waals surface area contributed by atoms with Crippen LogP contribution < -0.4 is 0 Å². The molecule has 8 heavy (non-hydrogen) atoms. The molecule has 0 radical (unpaired) electrons. The van der Waals surface area contributed by atoms with Crippen molar-refractivity contribution < 1.29 is 19.4 Å². The third-order valence-corrected chi connectivity index (χ3v) is 0.149. The zero-order valence-electron chi connectivity index (χ0n) is 2.75. The molecule has 0 heterocycles.